The Morgan fingerprint density at radius 2 is 1.84 bits per heavy atom. The Balaban J connectivity index is 1.89. The fourth-order valence-electron chi connectivity index (χ4n) is 3.44. The Kier molecular flexibility index (Phi) is 4.64. The Morgan fingerprint density at radius 3 is 2.24 bits per heavy atom. The molecule has 0 aromatic heterocycles. The van der Waals surface area contributed by atoms with E-state index in [-0.39, 0.29) is 10.8 Å². The smallest absolute Gasteiger partial charge is 0.404 e. The highest BCUT2D eigenvalue weighted by molar-refractivity contribution is 5.85. The van der Waals surface area contributed by atoms with E-state index >= 15 is 0 Å². The van der Waals surface area contributed by atoms with Crippen LogP contribution < -0.4 is 0 Å². The molecule has 6 nitrogen and oxygen atoms in total. The fraction of sp³-hybridized carbons (Fsp3) is 0.824. The first-order valence-corrected chi connectivity index (χ1v) is 8.15. The molecule has 0 radical (unpaired) electrons. The number of hydrogen-bond donors (Lipinski definition) is 0. The van der Waals surface area contributed by atoms with E-state index in [2.05, 4.69) is 9.47 Å². The summed E-state index contributed by atoms with van der Waals surface area (Å²) in [6.45, 7) is 9.21. The second kappa shape index (κ2) is 5.92. The number of hydrogen-bond acceptors (Lipinski definition) is 6. The zero-order valence-corrected chi connectivity index (χ0v) is 15.1. The summed E-state index contributed by atoms with van der Waals surface area (Å²) < 4.78 is 39.3. The molecular weight excluding hydrogens is 338 g/mol. The van der Waals surface area contributed by atoms with Gasteiger partial charge in [-0.1, -0.05) is 34.6 Å². The van der Waals surface area contributed by atoms with Crippen LogP contribution in [0.15, 0.2) is 0 Å². The van der Waals surface area contributed by atoms with Crippen LogP contribution in [0.2, 0.25) is 0 Å². The Bertz CT molecular complexity index is 592. The number of alkyl halides is 2. The number of halogens is 2. The molecule has 0 amide bonds. The largest absolute Gasteiger partial charge is 0.453 e. The molecule has 8 heteroatoms. The van der Waals surface area contributed by atoms with E-state index in [0.717, 1.165) is 0 Å². The summed E-state index contributed by atoms with van der Waals surface area (Å²) in [5.41, 5.74) is -1.02. The van der Waals surface area contributed by atoms with Crippen LogP contribution in [-0.4, -0.2) is 36.7 Å². The van der Waals surface area contributed by atoms with Crippen LogP contribution in [0.4, 0.5) is 8.78 Å². The second-order valence-electron chi connectivity index (χ2n) is 8.70. The molecule has 0 aromatic rings. The van der Waals surface area contributed by atoms with Gasteiger partial charge in [0, 0.05) is 0 Å². The van der Waals surface area contributed by atoms with Crippen LogP contribution in [0.25, 0.3) is 0 Å². The minimum atomic E-state index is -3.65. The topological polar surface area (TPSA) is 78.9 Å². The van der Waals surface area contributed by atoms with Gasteiger partial charge in [0.05, 0.1) is 11.8 Å². The van der Waals surface area contributed by atoms with Crippen molar-refractivity contribution in [2.24, 2.45) is 16.2 Å². The third-order valence-electron chi connectivity index (χ3n) is 4.67. The van der Waals surface area contributed by atoms with E-state index in [1.54, 1.807) is 0 Å². The lowest BCUT2D eigenvalue weighted by molar-refractivity contribution is -0.209. The van der Waals surface area contributed by atoms with E-state index < -0.39 is 48.6 Å². The van der Waals surface area contributed by atoms with Crippen LogP contribution in [0.5, 0.6) is 0 Å². The van der Waals surface area contributed by atoms with Crippen LogP contribution >= 0.6 is 0 Å². The van der Waals surface area contributed by atoms with Crippen molar-refractivity contribution in [3.8, 4) is 0 Å². The standard InChI is InChI=1S/C17H24F2O6/c1-14(2,3)8-16(9-15(16,4)5)13(22)23-7-11(20)24-10-6-17(18,19)25-12(10)21/h10H,6-9H2,1-5H3. The highest BCUT2D eigenvalue weighted by Gasteiger charge is 2.68. The molecular formula is C17H24F2O6. The molecule has 0 aromatic carbocycles. The first-order chi connectivity index (χ1) is 11.2. The third kappa shape index (κ3) is 4.27. The molecule has 142 valence electrons. The molecule has 1 aliphatic carbocycles. The highest BCUT2D eigenvalue weighted by Crippen LogP contribution is 2.68. The van der Waals surface area contributed by atoms with Crippen molar-refractivity contribution in [3.05, 3.63) is 0 Å². The van der Waals surface area contributed by atoms with Gasteiger partial charge in [-0.15, -0.1) is 0 Å². The Labute approximate surface area is 145 Å². The predicted octanol–water partition coefficient (Wildman–Crippen LogP) is 2.83. The molecule has 2 unspecified atom stereocenters. The van der Waals surface area contributed by atoms with Gasteiger partial charge in [0.1, 0.15) is 0 Å². The lowest BCUT2D eigenvalue weighted by atomic mass is 9.79. The summed E-state index contributed by atoms with van der Waals surface area (Å²) in [4.78, 5) is 35.4. The molecule has 2 rings (SSSR count). The number of carbonyl (C=O) groups is 3. The van der Waals surface area contributed by atoms with Crippen molar-refractivity contribution in [2.75, 3.05) is 6.61 Å². The molecule has 1 saturated carbocycles. The van der Waals surface area contributed by atoms with Crippen molar-refractivity contribution >= 4 is 17.9 Å². The zero-order valence-electron chi connectivity index (χ0n) is 15.1. The van der Waals surface area contributed by atoms with E-state index in [1.165, 1.54) is 0 Å². The van der Waals surface area contributed by atoms with Gasteiger partial charge in [0.15, 0.2) is 6.61 Å². The normalized spacial score (nSPS) is 29.7. The van der Waals surface area contributed by atoms with Gasteiger partial charge in [0.25, 0.3) is 0 Å². The van der Waals surface area contributed by atoms with Gasteiger partial charge in [-0.2, -0.15) is 8.78 Å². The first kappa shape index (κ1) is 19.6. The van der Waals surface area contributed by atoms with Gasteiger partial charge < -0.3 is 14.2 Å². The van der Waals surface area contributed by atoms with E-state index in [4.69, 9.17) is 4.74 Å². The number of ether oxygens (including phenoxy) is 3. The molecule has 25 heavy (non-hydrogen) atoms. The zero-order chi connectivity index (χ0) is 19.3. The number of carbonyl (C=O) groups excluding carboxylic acids is 3. The number of rotatable bonds is 5. The summed E-state index contributed by atoms with van der Waals surface area (Å²) in [7, 11) is 0. The van der Waals surface area contributed by atoms with Crippen molar-refractivity contribution in [2.45, 2.75) is 66.1 Å². The second-order valence-corrected chi connectivity index (χ2v) is 8.70. The average molecular weight is 362 g/mol. The number of esters is 3. The lowest BCUT2D eigenvalue weighted by Crippen LogP contribution is -2.32. The van der Waals surface area contributed by atoms with Crippen LogP contribution in [0.1, 0.15) is 53.9 Å². The molecule has 0 spiro atoms. The summed E-state index contributed by atoms with van der Waals surface area (Å²) in [6, 6.07) is 0. The van der Waals surface area contributed by atoms with E-state index in [9.17, 15) is 23.2 Å². The van der Waals surface area contributed by atoms with Gasteiger partial charge in [-0.05, 0) is 23.7 Å². The summed E-state index contributed by atoms with van der Waals surface area (Å²) in [5, 5.41) is 0. The molecule has 2 fully saturated rings. The van der Waals surface area contributed by atoms with Crippen LogP contribution in [0.3, 0.4) is 0 Å². The quantitative estimate of drug-likeness (QED) is 0.553. The van der Waals surface area contributed by atoms with E-state index in [1.807, 2.05) is 34.6 Å². The van der Waals surface area contributed by atoms with Gasteiger partial charge in [-0.3, -0.25) is 4.79 Å². The van der Waals surface area contributed by atoms with Crippen LogP contribution in [0, 0.1) is 16.2 Å². The van der Waals surface area contributed by atoms with Gasteiger partial charge >= 0.3 is 24.0 Å². The minimum absolute atomic E-state index is 0.105. The highest BCUT2D eigenvalue weighted by atomic mass is 19.3. The van der Waals surface area contributed by atoms with Crippen molar-refractivity contribution in [1.82, 2.24) is 0 Å². The van der Waals surface area contributed by atoms with Crippen molar-refractivity contribution < 1.29 is 37.4 Å². The molecule has 2 aliphatic rings. The molecule has 2 atom stereocenters. The minimum Gasteiger partial charge on any atom is -0.453 e. The predicted molar refractivity (Wildman–Crippen MR) is 81.4 cm³/mol. The average Bonchev–Trinajstić information content (AvgIpc) is 2.82. The van der Waals surface area contributed by atoms with E-state index in [0.29, 0.717) is 12.8 Å². The van der Waals surface area contributed by atoms with Gasteiger partial charge in [-0.25, -0.2) is 9.59 Å². The molecule has 1 saturated heterocycles. The lowest BCUT2D eigenvalue weighted by Gasteiger charge is -2.27. The Morgan fingerprint density at radius 1 is 1.28 bits per heavy atom. The maximum Gasteiger partial charge on any atom is 0.404 e. The Hall–Kier alpha value is -1.73. The summed E-state index contributed by atoms with van der Waals surface area (Å²) >= 11 is 0. The SMILES string of the molecule is CC(C)(C)CC1(C(=O)OCC(=O)OC2CC(F)(F)OC2=O)CC1(C)C. The maximum atomic E-state index is 12.9. The molecule has 0 N–H and O–H groups in total. The summed E-state index contributed by atoms with van der Waals surface area (Å²) in [6.07, 6.45) is -5.11. The number of cyclic esters (lactones) is 1. The van der Waals surface area contributed by atoms with Gasteiger partial charge in [0.2, 0.25) is 6.10 Å². The third-order valence-corrected chi connectivity index (χ3v) is 4.67. The molecule has 0 bridgehead atoms. The first-order valence-electron chi connectivity index (χ1n) is 8.15. The molecule has 1 heterocycles. The van der Waals surface area contributed by atoms with Crippen LogP contribution in [-0.2, 0) is 28.6 Å². The van der Waals surface area contributed by atoms with Crippen molar-refractivity contribution in [3.63, 3.8) is 0 Å². The summed E-state index contributed by atoms with van der Waals surface area (Å²) in [5.74, 6) is -2.88. The fourth-order valence-corrected chi connectivity index (χ4v) is 3.44. The molecule has 1 aliphatic heterocycles. The van der Waals surface area contributed by atoms with Crippen molar-refractivity contribution in [1.29, 1.82) is 0 Å². The maximum absolute atomic E-state index is 12.9. The monoisotopic (exact) mass is 362 g/mol.